The minimum absolute atomic E-state index is 0.0228. The Balaban J connectivity index is 1.61. The van der Waals surface area contributed by atoms with Gasteiger partial charge in [0.1, 0.15) is 11.5 Å². The van der Waals surface area contributed by atoms with Gasteiger partial charge in [0.2, 0.25) is 0 Å². The number of Topliss-reactive ketones (excluding diaryl/α,β-unsaturated/α-hetero) is 1. The zero-order valence-electron chi connectivity index (χ0n) is 12.3. The summed E-state index contributed by atoms with van der Waals surface area (Å²) in [6.45, 7) is 3.08. The van der Waals surface area contributed by atoms with Gasteiger partial charge in [0.15, 0.2) is 0 Å². The van der Waals surface area contributed by atoms with E-state index in [1.54, 1.807) is 19.1 Å². The number of rotatable bonds is 3. The molecule has 3 rings (SSSR count). The quantitative estimate of drug-likeness (QED) is 0.930. The number of aromatic hydroxyl groups is 1. The summed E-state index contributed by atoms with van der Waals surface area (Å²) in [4.78, 5) is 25.6. The lowest BCUT2D eigenvalue weighted by Gasteiger charge is -2.30. The van der Waals surface area contributed by atoms with Gasteiger partial charge in [-0.3, -0.25) is 9.59 Å². The molecule has 1 aromatic carbocycles. The number of phenols is 1. The second-order valence-corrected chi connectivity index (χ2v) is 6.36. The van der Waals surface area contributed by atoms with E-state index in [1.807, 2.05) is 11.0 Å². The highest BCUT2D eigenvalue weighted by atomic mass is 16.3. The van der Waals surface area contributed by atoms with Crippen LogP contribution in [0.25, 0.3) is 0 Å². The number of hydrogen-bond acceptors (Lipinski definition) is 3. The van der Waals surface area contributed by atoms with Gasteiger partial charge in [-0.25, -0.2) is 0 Å². The van der Waals surface area contributed by atoms with Crippen molar-refractivity contribution in [3.8, 4) is 5.75 Å². The van der Waals surface area contributed by atoms with Crippen molar-refractivity contribution < 1.29 is 14.7 Å². The Labute approximate surface area is 124 Å². The van der Waals surface area contributed by atoms with Crippen LogP contribution in [-0.4, -0.2) is 28.2 Å². The fourth-order valence-electron chi connectivity index (χ4n) is 3.56. The monoisotopic (exact) mass is 287 g/mol. The fraction of sp³-hybridized carbons (Fsp3) is 0.529. The van der Waals surface area contributed by atoms with Crippen LogP contribution in [-0.2, 0) is 11.3 Å². The van der Waals surface area contributed by atoms with Crippen LogP contribution in [0.3, 0.4) is 0 Å². The molecule has 1 fully saturated rings. The van der Waals surface area contributed by atoms with E-state index in [1.165, 1.54) is 0 Å². The molecule has 1 N–H and O–H groups in total. The second-order valence-electron chi connectivity index (χ2n) is 6.36. The van der Waals surface area contributed by atoms with E-state index < -0.39 is 0 Å². The Kier molecular flexibility index (Phi) is 3.70. The molecule has 0 atom stereocenters. The zero-order chi connectivity index (χ0) is 15.0. The minimum atomic E-state index is 0.0228. The van der Waals surface area contributed by atoms with E-state index in [-0.39, 0.29) is 17.6 Å². The van der Waals surface area contributed by atoms with Crippen LogP contribution >= 0.6 is 0 Å². The molecule has 1 amide bonds. The van der Waals surface area contributed by atoms with Crippen LogP contribution in [0.15, 0.2) is 18.2 Å². The average Bonchev–Trinajstić information content (AvgIpc) is 2.76. The first-order valence-corrected chi connectivity index (χ1v) is 7.66. The summed E-state index contributed by atoms with van der Waals surface area (Å²) in [5.74, 6) is 1.19. The second kappa shape index (κ2) is 5.51. The van der Waals surface area contributed by atoms with Gasteiger partial charge in [0.05, 0.1) is 0 Å². The molecule has 1 saturated carbocycles. The first-order valence-electron chi connectivity index (χ1n) is 7.66. The number of fused-ring (bicyclic) bond motifs is 1. The first-order chi connectivity index (χ1) is 10.0. The predicted molar refractivity (Wildman–Crippen MR) is 79.0 cm³/mol. The molecule has 1 aliphatic carbocycles. The highest BCUT2D eigenvalue weighted by molar-refractivity contribution is 5.98. The molecule has 0 saturated heterocycles. The maximum atomic E-state index is 12.4. The van der Waals surface area contributed by atoms with Crippen molar-refractivity contribution in [3.63, 3.8) is 0 Å². The molecule has 1 heterocycles. The molecular weight excluding hydrogens is 266 g/mol. The van der Waals surface area contributed by atoms with Gasteiger partial charge in [0.25, 0.3) is 5.91 Å². The SMILES string of the molecule is CC(=O)[C@H]1CC[C@H](CN2Cc3ccc(O)cc3C2=O)CC1. The van der Waals surface area contributed by atoms with E-state index in [0.29, 0.717) is 23.8 Å². The summed E-state index contributed by atoms with van der Waals surface area (Å²) in [7, 11) is 0. The standard InChI is InChI=1S/C17H21NO3/c1-11(19)13-4-2-12(3-5-13)9-18-10-14-6-7-15(20)8-16(14)17(18)21/h6-8,12-13,20H,2-5,9-10H2,1H3/t12-,13-. The normalized spacial score (nSPS) is 25.0. The van der Waals surface area contributed by atoms with Crippen molar-refractivity contribution in [2.45, 2.75) is 39.2 Å². The molecule has 21 heavy (non-hydrogen) atoms. The third-order valence-electron chi connectivity index (χ3n) is 4.87. The first kappa shape index (κ1) is 14.1. The molecule has 0 unspecified atom stereocenters. The Hall–Kier alpha value is -1.84. The maximum absolute atomic E-state index is 12.4. The van der Waals surface area contributed by atoms with Gasteiger partial charge in [-0.05, 0) is 56.2 Å². The van der Waals surface area contributed by atoms with Crippen LogP contribution in [0.5, 0.6) is 5.75 Å². The van der Waals surface area contributed by atoms with Gasteiger partial charge in [-0.15, -0.1) is 0 Å². The predicted octanol–water partition coefficient (Wildman–Crippen LogP) is 2.74. The lowest BCUT2D eigenvalue weighted by atomic mass is 9.80. The summed E-state index contributed by atoms with van der Waals surface area (Å²) >= 11 is 0. The van der Waals surface area contributed by atoms with Gasteiger partial charge in [0, 0.05) is 24.6 Å². The number of ketones is 1. The molecule has 2 aliphatic rings. The largest absolute Gasteiger partial charge is 0.508 e. The highest BCUT2D eigenvalue weighted by Crippen LogP contribution is 2.32. The lowest BCUT2D eigenvalue weighted by Crippen LogP contribution is -2.32. The van der Waals surface area contributed by atoms with Gasteiger partial charge >= 0.3 is 0 Å². The van der Waals surface area contributed by atoms with Crippen molar-refractivity contribution in [1.29, 1.82) is 0 Å². The molecule has 0 bridgehead atoms. The third-order valence-corrected chi connectivity index (χ3v) is 4.87. The highest BCUT2D eigenvalue weighted by Gasteiger charge is 2.31. The van der Waals surface area contributed by atoms with Crippen molar-refractivity contribution in [2.24, 2.45) is 11.8 Å². The number of benzene rings is 1. The van der Waals surface area contributed by atoms with Gasteiger partial charge < -0.3 is 10.0 Å². The number of nitrogens with zero attached hydrogens (tertiary/aromatic N) is 1. The van der Waals surface area contributed by atoms with Crippen LogP contribution in [0, 0.1) is 11.8 Å². The fourth-order valence-corrected chi connectivity index (χ4v) is 3.56. The maximum Gasteiger partial charge on any atom is 0.254 e. The van der Waals surface area contributed by atoms with E-state index >= 15 is 0 Å². The van der Waals surface area contributed by atoms with Crippen molar-refractivity contribution in [2.75, 3.05) is 6.54 Å². The van der Waals surface area contributed by atoms with Crippen molar-refractivity contribution in [3.05, 3.63) is 29.3 Å². The zero-order valence-corrected chi connectivity index (χ0v) is 12.3. The summed E-state index contributed by atoms with van der Waals surface area (Å²) in [5.41, 5.74) is 1.63. The summed E-state index contributed by atoms with van der Waals surface area (Å²) in [6, 6.07) is 5.02. The summed E-state index contributed by atoms with van der Waals surface area (Å²) in [5, 5.41) is 9.50. The molecule has 4 nitrogen and oxygen atoms in total. The number of phenolic OH excluding ortho intramolecular Hbond substituents is 1. The van der Waals surface area contributed by atoms with Gasteiger partial charge in [-0.1, -0.05) is 6.07 Å². The third kappa shape index (κ3) is 2.80. The Morgan fingerprint density at radius 1 is 1.29 bits per heavy atom. The smallest absolute Gasteiger partial charge is 0.254 e. The Morgan fingerprint density at radius 3 is 2.67 bits per heavy atom. The van der Waals surface area contributed by atoms with Crippen LogP contribution in [0.2, 0.25) is 0 Å². The Bertz CT molecular complexity index is 573. The number of carbonyl (C=O) groups is 2. The molecule has 0 spiro atoms. The molecule has 0 radical (unpaired) electrons. The Morgan fingerprint density at radius 2 is 2.00 bits per heavy atom. The van der Waals surface area contributed by atoms with Crippen molar-refractivity contribution in [1.82, 2.24) is 4.90 Å². The van der Waals surface area contributed by atoms with Crippen LogP contribution in [0.4, 0.5) is 0 Å². The van der Waals surface area contributed by atoms with E-state index in [0.717, 1.165) is 37.8 Å². The molecular formula is C17H21NO3. The molecule has 1 aliphatic heterocycles. The average molecular weight is 287 g/mol. The minimum Gasteiger partial charge on any atom is -0.508 e. The topological polar surface area (TPSA) is 57.6 Å². The van der Waals surface area contributed by atoms with Crippen LogP contribution < -0.4 is 0 Å². The van der Waals surface area contributed by atoms with Gasteiger partial charge in [-0.2, -0.15) is 0 Å². The molecule has 1 aromatic rings. The lowest BCUT2D eigenvalue weighted by molar-refractivity contribution is -0.121. The summed E-state index contributed by atoms with van der Waals surface area (Å²) < 4.78 is 0. The van der Waals surface area contributed by atoms with E-state index in [9.17, 15) is 14.7 Å². The van der Waals surface area contributed by atoms with Crippen molar-refractivity contribution >= 4 is 11.7 Å². The summed E-state index contributed by atoms with van der Waals surface area (Å²) in [6.07, 6.45) is 3.96. The number of hydrogen-bond donors (Lipinski definition) is 1. The van der Waals surface area contributed by atoms with E-state index in [4.69, 9.17) is 0 Å². The molecule has 4 heteroatoms. The molecule has 0 aromatic heterocycles. The number of carbonyl (C=O) groups excluding carboxylic acids is 2. The van der Waals surface area contributed by atoms with Crippen LogP contribution in [0.1, 0.15) is 48.5 Å². The number of amides is 1. The molecule has 112 valence electrons. The van der Waals surface area contributed by atoms with E-state index in [2.05, 4.69) is 0 Å².